The lowest BCUT2D eigenvalue weighted by Gasteiger charge is -2.11. The van der Waals surface area contributed by atoms with Gasteiger partial charge in [0.1, 0.15) is 12.4 Å². The number of hydrogen-bond donors (Lipinski definition) is 1. The third-order valence-corrected chi connectivity index (χ3v) is 2.38. The molecule has 0 aliphatic heterocycles. The van der Waals surface area contributed by atoms with Crippen LogP contribution in [0.15, 0.2) is 24.3 Å². The highest BCUT2D eigenvalue weighted by atomic mass is 16.5. The van der Waals surface area contributed by atoms with Gasteiger partial charge in [0.15, 0.2) is 0 Å². The smallest absolute Gasteiger partial charge is 0.119 e. The quantitative estimate of drug-likeness (QED) is 0.662. The van der Waals surface area contributed by atoms with Crippen LogP contribution < -0.4 is 10.1 Å². The van der Waals surface area contributed by atoms with Gasteiger partial charge in [-0.05, 0) is 45.0 Å². The van der Waals surface area contributed by atoms with E-state index in [9.17, 15) is 0 Å². The average Bonchev–Trinajstić information content (AvgIpc) is 2.39. The fourth-order valence-corrected chi connectivity index (χ4v) is 1.56. The van der Waals surface area contributed by atoms with Gasteiger partial charge >= 0.3 is 0 Å². The van der Waals surface area contributed by atoms with Gasteiger partial charge in [-0.2, -0.15) is 0 Å². The molecule has 19 heavy (non-hydrogen) atoms. The Bertz CT molecular complexity index is 325. The van der Waals surface area contributed by atoms with E-state index in [0.29, 0.717) is 32.5 Å². The van der Waals surface area contributed by atoms with E-state index >= 15 is 0 Å². The first-order valence-corrected chi connectivity index (χ1v) is 6.87. The largest absolute Gasteiger partial charge is 0.491 e. The van der Waals surface area contributed by atoms with Crippen molar-refractivity contribution >= 4 is 5.69 Å². The van der Waals surface area contributed by atoms with Crippen LogP contribution in [0.25, 0.3) is 0 Å². The highest BCUT2D eigenvalue weighted by Gasteiger charge is 1.97. The first-order valence-electron chi connectivity index (χ1n) is 6.87. The minimum absolute atomic E-state index is 0.436. The predicted molar refractivity (Wildman–Crippen MR) is 78.0 cm³/mol. The molecular formula is C15H25NO3. The van der Waals surface area contributed by atoms with Crippen molar-refractivity contribution in [2.45, 2.75) is 26.8 Å². The maximum atomic E-state index is 5.58. The lowest BCUT2D eigenvalue weighted by Crippen LogP contribution is -2.11. The molecule has 1 rings (SSSR count). The van der Waals surface area contributed by atoms with Gasteiger partial charge in [0.25, 0.3) is 0 Å². The molecular weight excluding hydrogens is 242 g/mol. The van der Waals surface area contributed by atoms with Crippen molar-refractivity contribution in [1.29, 1.82) is 0 Å². The molecule has 108 valence electrons. The Morgan fingerprint density at radius 2 is 1.58 bits per heavy atom. The Hall–Kier alpha value is -1.26. The van der Waals surface area contributed by atoms with Crippen LogP contribution in [0, 0.1) is 0 Å². The fourth-order valence-electron chi connectivity index (χ4n) is 1.56. The molecule has 0 radical (unpaired) electrons. The second-order valence-corrected chi connectivity index (χ2v) is 4.48. The summed E-state index contributed by atoms with van der Waals surface area (Å²) < 4.78 is 16.1. The zero-order valence-electron chi connectivity index (χ0n) is 12.1. The first kappa shape index (κ1) is 15.8. The predicted octanol–water partition coefficient (Wildman–Crippen LogP) is 2.94. The summed E-state index contributed by atoms with van der Waals surface area (Å²) in [6, 6.07) is 8.40. The van der Waals surface area contributed by atoms with Crippen molar-refractivity contribution in [2.75, 3.05) is 38.4 Å². The zero-order chi connectivity index (χ0) is 13.9. The molecule has 4 nitrogen and oxygen atoms in total. The van der Waals surface area contributed by atoms with Crippen molar-refractivity contribution in [3.63, 3.8) is 0 Å². The molecule has 0 heterocycles. The van der Waals surface area contributed by atoms with E-state index in [1.807, 2.05) is 31.2 Å². The molecule has 0 spiro atoms. The summed E-state index contributed by atoms with van der Waals surface area (Å²) in [5.41, 5.74) is 1.11. The van der Waals surface area contributed by atoms with Gasteiger partial charge in [0.2, 0.25) is 0 Å². The fraction of sp³-hybridized carbons (Fsp3) is 0.600. The number of hydrogen-bond acceptors (Lipinski definition) is 4. The summed E-state index contributed by atoms with van der Waals surface area (Å²) in [7, 11) is 0. The van der Waals surface area contributed by atoms with Crippen LogP contribution in [-0.4, -0.2) is 39.1 Å². The van der Waals surface area contributed by atoms with Crippen molar-refractivity contribution < 1.29 is 14.2 Å². The van der Waals surface area contributed by atoms with E-state index in [-0.39, 0.29) is 0 Å². The second-order valence-electron chi connectivity index (χ2n) is 4.48. The molecule has 0 aliphatic rings. The van der Waals surface area contributed by atoms with E-state index in [1.165, 1.54) is 0 Å². The van der Waals surface area contributed by atoms with Gasteiger partial charge in [-0.15, -0.1) is 0 Å². The third kappa shape index (κ3) is 7.70. The van der Waals surface area contributed by atoms with Gasteiger partial charge in [0.05, 0.1) is 19.8 Å². The topological polar surface area (TPSA) is 39.7 Å². The molecule has 4 heteroatoms. The van der Waals surface area contributed by atoms with E-state index in [0.717, 1.165) is 18.0 Å². The Morgan fingerprint density at radius 1 is 0.947 bits per heavy atom. The number of rotatable bonds is 10. The summed E-state index contributed by atoms with van der Waals surface area (Å²) in [5.74, 6) is 0.864. The highest BCUT2D eigenvalue weighted by molar-refractivity contribution is 5.46. The molecule has 1 aromatic rings. The van der Waals surface area contributed by atoms with Crippen LogP contribution >= 0.6 is 0 Å². The van der Waals surface area contributed by atoms with E-state index in [4.69, 9.17) is 14.2 Å². The Morgan fingerprint density at radius 3 is 2.21 bits per heavy atom. The van der Waals surface area contributed by atoms with Crippen molar-refractivity contribution in [3.05, 3.63) is 24.3 Å². The zero-order valence-corrected chi connectivity index (χ0v) is 12.1. The minimum Gasteiger partial charge on any atom is -0.491 e. The van der Waals surface area contributed by atoms with E-state index in [2.05, 4.69) is 19.2 Å². The van der Waals surface area contributed by atoms with Crippen LogP contribution in [0.3, 0.4) is 0 Å². The number of nitrogens with one attached hydrogen (secondary N) is 1. The molecule has 0 unspecified atom stereocenters. The molecule has 0 saturated carbocycles. The van der Waals surface area contributed by atoms with Crippen LogP contribution in [-0.2, 0) is 9.47 Å². The van der Waals surface area contributed by atoms with Crippen molar-refractivity contribution in [1.82, 2.24) is 0 Å². The summed E-state index contributed by atoms with van der Waals surface area (Å²) >= 11 is 0. The maximum absolute atomic E-state index is 5.58. The van der Waals surface area contributed by atoms with Crippen molar-refractivity contribution in [2.24, 2.45) is 0 Å². The standard InChI is InChI=1S/C15H25NO3/c1-4-17-9-10-18-11-12-19-15-7-5-14(6-8-15)16-13(2)3/h5-8,13,16H,4,9-12H2,1-3H3. The molecule has 0 aliphatic carbocycles. The third-order valence-electron chi connectivity index (χ3n) is 2.38. The summed E-state index contributed by atoms with van der Waals surface area (Å²) in [5, 5.41) is 3.33. The van der Waals surface area contributed by atoms with Crippen molar-refractivity contribution in [3.8, 4) is 5.75 Å². The summed E-state index contributed by atoms with van der Waals surface area (Å²) in [6.45, 7) is 9.34. The van der Waals surface area contributed by atoms with Crippen LogP contribution in [0.1, 0.15) is 20.8 Å². The van der Waals surface area contributed by atoms with Gasteiger partial charge in [-0.3, -0.25) is 0 Å². The normalized spacial score (nSPS) is 10.7. The lowest BCUT2D eigenvalue weighted by molar-refractivity contribution is 0.0405. The van der Waals surface area contributed by atoms with Crippen LogP contribution in [0.4, 0.5) is 5.69 Å². The molecule has 0 amide bonds. The molecule has 1 N–H and O–H groups in total. The Balaban J connectivity index is 2.12. The van der Waals surface area contributed by atoms with Gasteiger partial charge in [-0.25, -0.2) is 0 Å². The Kier molecular flexibility index (Phi) is 8.02. The lowest BCUT2D eigenvalue weighted by atomic mass is 10.3. The molecule has 0 aromatic heterocycles. The molecule has 0 bridgehead atoms. The summed E-state index contributed by atoms with van der Waals surface area (Å²) in [4.78, 5) is 0. The van der Waals surface area contributed by atoms with Crippen LogP contribution in [0.2, 0.25) is 0 Å². The minimum atomic E-state index is 0.436. The summed E-state index contributed by atoms with van der Waals surface area (Å²) in [6.07, 6.45) is 0. The first-order chi connectivity index (χ1) is 9.22. The average molecular weight is 267 g/mol. The second kappa shape index (κ2) is 9.64. The van der Waals surface area contributed by atoms with Crippen LogP contribution in [0.5, 0.6) is 5.75 Å². The molecule has 1 aromatic carbocycles. The van der Waals surface area contributed by atoms with Gasteiger partial charge < -0.3 is 19.5 Å². The number of benzene rings is 1. The SMILES string of the molecule is CCOCCOCCOc1ccc(NC(C)C)cc1. The highest BCUT2D eigenvalue weighted by Crippen LogP contribution is 2.16. The van der Waals surface area contributed by atoms with Gasteiger partial charge in [0, 0.05) is 18.3 Å². The molecule has 0 atom stereocenters. The number of anilines is 1. The number of ether oxygens (including phenoxy) is 3. The van der Waals surface area contributed by atoms with E-state index < -0.39 is 0 Å². The molecule has 0 fully saturated rings. The maximum Gasteiger partial charge on any atom is 0.119 e. The monoisotopic (exact) mass is 267 g/mol. The van der Waals surface area contributed by atoms with Gasteiger partial charge in [-0.1, -0.05) is 0 Å². The Labute approximate surface area is 116 Å². The molecule has 0 saturated heterocycles. The van der Waals surface area contributed by atoms with E-state index in [1.54, 1.807) is 0 Å².